The second-order valence-electron chi connectivity index (χ2n) is 7.26. The van der Waals surface area contributed by atoms with E-state index in [-0.39, 0.29) is 11.9 Å². The second kappa shape index (κ2) is 8.24. The number of hydrogen-bond donors (Lipinski definition) is 2. The fourth-order valence-electron chi connectivity index (χ4n) is 3.03. The average Bonchev–Trinajstić information content (AvgIpc) is 3.29. The number of H-pyrrole nitrogens is 1. The van der Waals surface area contributed by atoms with Crippen molar-refractivity contribution >= 4 is 5.91 Å². The molecule has 0 aliphatic heterocycles. The first-order valence-electron chi connectivity index (χ1n) is 9.69. The topological polar surface area (TPSA) is 96.5 Å². The maximum Gasteiger partial charge on any atom is 0.270 e. The van der Waals surface area contributed by atoms with E-state index in [1.807, 2.05) is 69.3 Å². The van der Waals surface area contributed by atoms with Crippen molar-refractivity contribution in [2.75, 3.05) is 0 Å². The molecule has 0 radical (unpaired) electrons. The van der Waals surface area contributed by atoms with Gasteiger partial charge in [-0.1, -0.05) is 59.7 Å². The molecule has 0 unspecified atom stereocenters. The van der Waals surface area contributed by atoms with Crippen LogP contribution in [-0.4, -0.2) is 31.1 Å². The Morgan fingerprint density at radius 3 is 2.17 bits per heavy atom. The molecule has 7 nitrogen and oxygen atoms in total. The summed E-state index contributed by atoms with van der Waals surface area (Å²) in [4.78, 5) is 26.3. The molecule has 150 valence electrons. The molecule has 0 aliphatic carbocycles. The fourth-order valence-corrected chi connectivity index (χ4v) is 3.03. The Morgan fingerprint density at radius 2 is 1.57 bits per heavy atom. The van der Waals surface area contributed by atoms with Gasteiger partial charge in [0.25, 0.3) is 5.91 Å². The van der Waals surface area contributed by atoms with Crippen molar-refractivity contribution in [1.82, 2.24) is 30.5 Å². The number of amides is 1. The Labute approximate surface area is 174 Å². The molecule has 2 N–H and O–H groups in total. The molecule has 1 atom stereocenters. The average molecular weight is 398 g/mol. The van der Waals surface area contributed by atoms with Crippen LogP contribution in [0.3, 0.4) is 0 Å². The maximum absolute atomic E-state index is 13.0. The molecule has 4 aromatic rings. The molecular formula is C23H22N6O. The van der Waals surface area contributed by atoms with Gasteiger partial charge in [-0.25, -0.2) is 15.0 Å². The normalized spacial score (nSPS) is 11.8. The van der Waals surface area contributed by atoms with Crippen LogP contribution in [0.1, 0.15) is 40.4 Å². The maximum atomic E-state index is 13.0. The van der Waals surface area contributed by atoms with Crippen LogP contribution < -0.4 is 5.32 Å². The molecule has 2 aromatic heterocycles. The molecule has 1 amide bonds. The zero-order valence-corrected chi connectivity index (χ0v) is 17.0. The monoisotopic (exact) mass is 398 g/mol. The standard InChI is InChI=1S/C23H22N6O/c1-14-4-8-17(9-5-14)19-12-20(23(30)26-16(3)21-24-13-25-29-21)28-22(27-19)18-10-6-15(2)7-11-18/h4-13,16H,1-3H3,(H,26,30)(H,24,25,29)/t16-/m0/s1. The van der Waals surface area contributed by atoms with Gasteiger partial charge < -0.3 is 5.32 Å². The van der Waals surface area contributed by atoms with Crippen molar-refractivity contribution in [3.63, 3.8) is 0 Å². The highest BCUT2D eigenvalue weighted by Crippen LogP contribution is 2.23. The Kier molecular flexibility index (Phi) is 5.34. The third-order valence-corrected chi connectivity index (χ3v) is 4.81. The molecule has 2 heterocycles. The predicted molar refractivity (Wildman–Crippen MR) is 115 cm³/mol. The summed E-state index contributed by atoms with van der Waals surface area (Å²) in [5.74, 6) is 0.781. The van der Waals surface area contributed by atoms with Crippen molar-refractivity contribution in [1.29, 1.82) is 0 Å². The summed E-state index contributed by atoms with van der Waals surface area (Å²) in [6.07, 6.45) is 1.41. The number of carbonyl (C=O) groups is 1. The van der Waals surface area contributed by atoms with E-state index in [1.165, 1.54) is 6.33 Å². The minimum absolute atomic E-state index is 0.294. The summed E-state index contributed by atoms with van der Waals surface area (Å²) in [5.41, 5.74) is 5.07. The number of carbonyl (C=O) groups excluding carboxylic acids is 1. The summed E-state index contributed by atoms with van der Waals surface area (Å²) < 4.78 is 0. The van der Waals surface area contributed by atoms with Crippen LogP contribution in [0.25, 0.3) is 22.6 Å². The molecular weight excluding hydrogens is 376 g/mol. The van der Waals surface area contributed by atoms with Gasteiger partial charge in [0.05, 0.1) is 11.7 Å². The molecule has 0 fully saturated rings. The Hall–Kier alpha value is -3.87. The molecule has 0 spiro atoms. The number of hydrogen-bond acceptors (Lipinski definition) is 5. The molecule has 0 bridgehead atoms. The molecule has 0 aliphatic rings. The van der Waals surface area contributed by atoms with Gasteiger partial charge in [0, 0.05) is 11.1 Å². The van der Waals surface area contributed by atoms with Crippen molar-refractivity contribution in [2.45, 2.75) is 26.8 Å². The largest absolute Gasteiger partial charge is 0.341 e. The van der Waals surface area contributed by atoms with Gasteiger partial charge >= 0.3 is 0 Å². The van der Waals surface area contributed by atoms with E-state index in [0.29, 0.717) is 23.0 Å². The molecule has 30 heavy (non-hydrogen) atoms. The van der Waals surface area contributed by atoms with Crippen molar-refractivity contribution in [3.8, 4) is 22.6 Å². The lowest BCUT2D eigenvalue weighted by Gasteiger charge is -2.13. The number of nitrogens with zero attached hydrogens (tertiary/aromatic N) is 4. The van der Waals surface area contributed by atoms with Gasteiger partial charge in [-0.3, -0.25) is 9.89 Å². The fraction of sp³-hybridized carbons (Fsp3) is 0.174. The van der Waals surface area contributed by atoms with Gasteiger partial charge in [0.15, 0.2) is 5.82 Å². The van der Waals surface area contributed by atoms with Crippen LogP contribution in [-0.2, 0) is 0 Å². The van der Waals surface area contributed by atoms with Crippen LogP contribution >= 0.6 is 0 Å². The number of aromatic amines is 1. The van der Waals surface area contributed by atoms with E-state index in [9.17, 15) is 4.79 Å². The molecule has 0 saturated heterocycles. The van der Waals surface area contributed by atoms with Crippen molar-refractivity contribution in [3.05, 3.63) is 83.6 Å². The molecule has 7 heteroatoms. The highest BCUT2D eigenvalue weighted by Gasteiger charge is 2.18. The van der Waals surface area contributed by atoms with Crippen LogP contribution in [0.2, 0.25) is 0 Å². The zero-order chi connectivity index (χ0) is 21.1. The number of nitrogens with one attached hydrogen (secondary N) is 2. The van der Waals surface area contributed by atoms with Gasteiger partial charge in [-0.05, 0) is 26.8 Å². The van der Waals surface area contributed by atoms with Gasteiger partial charge in [-0.2, -0.15) is 5.10 Å². The summed E-state index contributed by atoms with van der Waals surface area (Å²) in [6, 6.07) is 17.3. The summed E-state index contributed by atoms with van der Waals surface area (Å²) in [6.45, 7) is 5.89. The lowest BCUT2D eigenvalue weighted by molar-refractivity contribution is 0.0933. The third kappa shape index (κ3) is 4.25. The first-order valence-corrected chi connectivity index (χ1v) is 9.69. The zero-order valence-electron chi connectivity index (χ0n) is 17.0. The Balaban J connectivity index is 1.73. The highest BCUT2D eigenvalue weighted by molar-refractivity contribution is 5.94. The van der Waals surface area contributed by atoms with E-state index in [0.717, 1.165) is 22.3 Å². The van der Waals surface area contributed by atoms with Gasteiger partial charge in [0.2, 0.25) is 0 Å². The number of aryl methyl sites for hydroxylation is 2. The summed E-state index contributed by atoms with van der Waals surface area (Å²) in [5, 5.41) is 9.51. The number of aromatic nitrogens is 5. The molecule has 2 aromatic carbocycles. The Morgan fingerprint density at radius 1 is 0.933 bits per heavy atom. The Bertz CT molecular complexity index is 1090. The van der Waals surface area contributed by atoms with E-state index < -0.39 is 0 Å². The number of benzene rings is 2. The van der Waals surface area contributed by atoms with Crippen LogP contribution in [0.5, 0.6) is 0 Å². The van der Waals surface area contributed by atoms with Gasteiger partial charge in [-0.15, -0.1) is 0 Å². The first-order chi connectivity index (χ1) is 14.5. The predicted octanol–water partition coefficient (Wildman–Crippen LogP) is 4.04. The summed E-state index contributed by atoms with van der Waals surface area (Å²) >= 11 is 0. The van der Waals surface area contributed by atoms with E-state index in [4.69, 9.17) is 4.98 Å². The minimum Gasteiger partial charge on any atom is -0.341 e. The lowest BCUT2D eigenvalue weighted by atomic mass is 10.1. The van der Waals surface area contributed by atoms with E-state index in [2.05, 4.69) is 25.5 Å². The summed E-state index contributed by atoms with van der Waals surface area (Å²) in [7, 11) is 0. The highest BCUT2D eigenvalue weighted by atomic mass is 16.1. The third-order valence-electron chi connectivity index (χ3n) is 4.81. The minimum atomic E-state index is -0.333. The quantitative estimate of drug-likeness (QED) is 0.529. The second-order valence-corrected chi connectivity index (χ2v) is 7.26. The van der Waals surface area contributed by atoms with Crippen LogP contribution in [0.4, 0.5) is 0 Å². The molecule has 4 rings (SSSR count). The van der Waals surface area contributed by atoms with Crippen LogP contribution in [0, 0.1) is 13.8 Å². The van der Waals surface area contributed by atoms with E-state index >= 15 is 0 Å². The SMILES string of the molecule is Cc1ccc(-c2cc(C(=O)N[C@@H](C)c3ncn[nH]3)nc(-c3ccc(C)cc3)n2)cc1. The van der Waals surface area contributed by atoms with Crippen LogP contribution in [0.15, 0.2) is 60.9 Å². The first kappa shape index (κ1) is 19.4. The van der Waals surface area contributed by atoms with E-state index in [1.54, 1.807) is 6.07 Å². The van der Waals surface area contributed by atoms with Crippen molar-refractivity contribution in [2.24, 2.45) is 0 Å². The number of rotatable bonds is 5. The van der Waals surface area contributed by atoms with Gasteiger partial charge in [0.1, 0.15) is 17.8 Å². The smallest absolute Gasteiger partial charge is 0.270 e. The van der Waals surface area contributed by atoms with Crippen molar-refractivity contribution < 1.29 is 4.79 Å². The lowest BCUT2D eigenvalue weighted by Crippen LogP contribution is -2.28. The molecule has 0 saturated carbocycles.